The zero-order valence-electron chi connectivity index (χ0n) is 11.3. The van der Waals surface area contributed by atoms with Gasteiger partial charge in [0.05, 0.1) is 0 Å². The van der Waals surface area contributed by atoms with E-state index in [1.807, 2.05) is 6.79 Å². The summed E-state index contributed by atoms with van der Waals surface area (Å²) in [5.74, 6) is 0. The first-order valence-corrected chi connectivity index (χ1v) is 7.85. The molecule has 0 unspecified atom stereocenters. The van der Waals surface area contributed by atoms with E-state index in [1.54, 1.807) is 12.1 Å². The smallest absolute Gasteiger partial charge is 0.296 e. The van der Waals surface area contributed by atoms with Crippen LogP contribution in [0.5, 0.6) is 0 Å². The fourth-order valence-electron chi connectivity index (χ4n) is 1.69. The van der Waals surface area contributed by atoms with Gasteiger partial charge in [0.15, 0.2) is 0 Å². The van der Waals surface area contributed by atoms with E-state index in [1.165, 1.54) is 18.2 Å². The number of carbonyl (C=O) groups is 1. The third-order valence-corrected chi connectivity index (χ3v) is 4.36. The first kappa shape index (κ1) is 22.4. The molecule has 0 atom stereocenters. The van der Waals surface area contributed by atoms with Gasteiger partial charge in [0.1, 0.15) is 16.6 Å². The van der Waals surface area contributed by atoms with Crippen LogP contribution in [-0.2, 0) is 25.0 Å². The van der Waals surface area contributed by atoms with E-state index >= 15 is 0 Å². The van der Waals surface area contributed by atoms with Gasteiger partial charge in [-0.15, -0.1) is 0 Å². The molecule has 0 radical (unpaired) electrons. The van der Waals surface area contributed by atoms with Crippen molar-refractivity contribution in [2.45, 2.75) is 9.79 Å². The van der Waals surface area contributed by atoms with Gasteiger partial charge in [-0.25, -0.2) is 0 Å². The zero-order valence-corrected chi connectivity index (χ0v) is 13.0. The van der Waals surface area contributed by atoms with Crippen molar-refractivity contribution in [3.05, 3.63) is 36.4 Å². The predicted octanol–water partition coefficient (Wildman–Crippen LogP) is 1.47. The Hall–Kier alpha value is -1.89. The summed E-state index contributed by atoms with van der Waals surface area (Å²) >= 11 is 0. The molecule has 0 amide bonds. The Labute approximate surface area is 127 Å². The van der Waals surface area contributed by atoms with E-state index in [4.69, 9.17) is 13.9 Å². The second-order valence-electron chi connectivity index (χ2n) is 3.56. The summed E-state index contributed by atoms with van der Waals surface area (Å²) in [6.07, 6.45) is 0. The number of hydrogen-bond acceptors (Lipinski definition) is 7. The number of hydrogen-bond donors (Lipinski definition) is 4. The zero-order chi connectivity index (χ0) is 15.6. The molecule has 0 aromatic heterocycles. The quantitative estimate of drug-likeness (QED) is 0.578. The van der Waals surface area contributed by atoms with Crippen molar-refractivity contribution in [1.29, 1.82) is 0 Å². The second kappa shape index (κ2) is 7.93. The Morgan fingerprint density at radius 3 is 1.73 bits per heavy atom. The normalized spacial score (nSPS) is 10.6. The van der Waals surface area contributed by atoms with Gasteiger partial charge in [-0.3, -0.25) is 9.11 Å². The molecule has 2 aromatic rings. The monoisotopic (exact) mass is 352 g/mol. The van der Waals surface area contributed by atoms with E-state index in [9.17, 15) is 16.8 Å². The maximum absolute atomic E-state index is 11.3. The van der Waals surface area contributed by atoms with Gasteiger partial charge in [-0.1, -0.05) is 30.3 Å². The molecule has 0 spiro atoms. The summed E-state index contributed by atoms with van der Waals surface area (Å²) in [7, 11) is -9.53. The molecule has 124 valence electrons. The molecular formula is C11H16N2O7S2. The maximum Gasteiger partial charge on any atom is 0.296 e. The van der Waals surface area contributed by atoms with E-state index in [-0.39, 0.29) is 17.7 Å². The third-order valence-electron chi connectivity index (χ3n) is 2.38. The number of rotatable bonds is 2. The van der Waals surface area contributed by atoms with Gasteiger partial charge < -0.3 is 17.1 Å². The van der Waals surface area contributed by atoms with Crippen molar-refractivity contribution < 1.29 is 30.7 Å². The lowest BCUT2D eigenvalue weighted by atomic mass is 10.1. The standard InChI is InChI=1S/C10H8O6S2.CH2O.2H3N/c11-17(12,13)9-6-5-7-3-1-2-4-8(7)10(9)18(14,15)16;1-2;;/h1-6H,(H,11,12,13)(H,14,15,16);1H2;2*1H3. The SMILES string of the molecule is C=O.N.N.O=S(=O)(O)c1ccc2ccccc2c1S(=O)(=O)O. The van der Waals surface area contributed by atoms with Crippen LogP contribution < -0.4 is 12.3 Å². The van der Waals surface area contributed by atoms with Gasteiger partial charge in [0.2, 0.25) is 0 Å². The second-order valence-corrected chi connectivity index (χ2v) is 6.31. The van der Waals surface area contributed by atoms with Crippen molar-refractivity contribution >= 4 is 37.8 Å². The molecule has 0 aliphatic rings. The Bertz CT molecular complexity index is 848. The molecule has 0 saturated heterocycles. The summed E-state index contributed by atoms with van der Waals surface area (Å²) in [6, 6.07) is 8.28. The lowest BCUT2D eigenvalue weighted by Crippen LogP contribution is -2.09. The molecule has 0 fully saturated rings. The molecule has 0 saturated carbocycles. The molecule has 2 rings (SSSR count). The fraction of sp³-hybridized carbons (Fsp3) is 0. The van der Waals surface area contributed by atoms with Crippen LogP contribution in [0.3, 0.4) is 0 Å². The lowest BCUT2D eigenvalue weighted by Gasteiger charge is -2.08. The Balaban J connectivity index is 0. The molecule has 9 nitrogen and oxygen atoms in total. The largest absolute Gasteiger partial charge is 0.344 e. The number of carbonyl (C=O) groups excluding carboxylic acids is 1. The predicted molar refractivity (Wildman–Crippen MR) is 80.7 cm³/mol. The van der Waals surface area contributed by atoms with Crippen LogP contribution in [-0.4, -0.2) is 32.7 Å². The van der Waals surface area contributed by atoms with Gasteiger partial charge >= 0.3 is 0 Å². The minimum atomic E-state index is -4.78. The van der Waals surface area contributed by atoms with Gasteiger partial charge in [-0.2, -0.15) is 16.8 Å². The van der Waals surface area contributed by atoms with Crippen LogP contribution in [0.4, 0.5) is 0 Å². The maximum atomic E-state index is 11.3. The molecule has 0 aliphatic heterocycles. The van der Waals surface area contributed by atoms with E-state index in [0.717, 1.165) is 6.07 Å². The van der Waals surface area contributed by atoms with Crippen molar-refractivity contribution in [2.75, 3.05) is 0 Å². The minimum absolute atomic E-state index is 0. The number of benzene rings is 2. The molecule has 2 aromatic carbocycles. The summed E-state index contributed by atoms with van der Waals surface area (Å²) in [5.41, 5.74) is 0. The molecule has 22 heavy (non-hydrogen) atoms. The third kappa shape index (κ3) is 4.56. The lowest BCUT2D eigenvalue weighted by molar-refractivity contribution is -0.0980. The fourth-order valence-corrected chi connectivity index (χ4v) is 3.69. The average Bonchev–Trinajstić information content (AvgIpc) is 2.37. The van der Waals surface area contributed by atoms with Gasteiger partial charge in [-0.05, 0) is 11.5 Å². The summed E-state index contributed by atoms with van der Waals surface area (Å²) < 4.78 is 63.0. The summed E-state index contributed by atoms with van der Waals surface area (Å²) in [5, 5.41) is 0.452. The highest BCUT2D eigenvalue weighted by Gasteiger charge is 2.26. The summed E-state index contributed by atoms with van der Waals surface area (Å²) in [6.45, 7) is 2.00. The Morgan fingerprint density at radius 1 is 0.773 bits per heavy atom. The van der Waals surface area contributed by atoms with E-state index in [2.05, 4.69) is 0 Å². The molecule has 8 N–H and O–H groups in total. The van der Waals surface area contributed by atoms with Crippen LogP contribution in [0.25, 0.3) is 10.8 Å². The number of fused-ring (bicyclic) bond motifs is 1. The van der Waals surface area contributed by atoms with Crippen molar-refractivity contribution in [3.8, 4) is 0 Å². The van der Waals surface area contributed by atoms with E-state index in [0.29, 0.717) is 5.39 Å². The molecule has 0 heterocycles. The highest BCUT2D eigenvalue weighted by molar-refractivity contribution is 7.89. The van der Waals surface area contributed by atoms with Crippen molar-refractivity contribution in [1.82, 2.24) is 12.3 Å². The van der Waals surface area contributed by atoms with Crippen LogP contribution >= 0.6 is 0 Å². The van der Waals surface area contributed by atoms with Gasteiger partial charge in [0, 0.05) is 5.39 Å². The first-order valence-electron chi connectivity index (χ1n) is 4.97. The highest BCUT2D eigenvalue weighted by atomic mass is 32.2. The van der Waals surface area contributed by atoms with Gasteiger partial charge in [0.25, 0.3) is 20.2 Å². The molecule has 0 bridgehead atoms. The van der Waals surface area contributed by atoms with Crippen LogP contribution in [0.1, 0.15) is 0 Å². The molecule has 0 aliphatic carbocycles. The molecule has 11 heteroatoms. The average molecular weight is 352 g/mol. The first-order chi connectivity index (χ1) is 9.21. The topological polar surface area (TPSA) is 196 Å². The van der Waals surface area contributed by atoms with Crippen LogP contribution in [0.15, 0.2) is 46.2 Å². The summed E-state index contributed by atoms with van der Waals surface area (Å²) in [4.78, 5) is 6.34. The van der Waals surface area contributed by atoms with Crippen LogP contribution in [0.2, 0.25) is 0 Å². The van der Waals surface area contributed by atoms with Crippen molar-refractivity contribution in [2.24, 2.45) is 0 Å². The van der Waals surface area contributed by atoms with Crippen molar-refractivity contribution in [3.63, 3.8) is 0 Å². The van der Waals surface area contributed by atoms with Crippen LogP contribution in [0, 0.1) is 0 Å². The Morgan fingerprint density at radius 2 is 1.27 bits per heavy atom. The Kier molecular flexibility index (Phi) is 8.07. The van der Waals surface area contributed by atoms with E-state index < -0.39 is 30.0 Å². The minimum Gasteiger partial charge on any atom is -0.344 e. The highest BCUT2D eigenvalue weighted by Crippen LogP contribution is 2.29. The molecular weight excluding hydrogens is 336 g/mol.